The van der Waals surface area contributed by atoms with Crippen molar-refractivity contribution in [3.63, 3.8) is 0 Å². The van der Waals surface area contributed by atoms with Crippen molar-refractivity contribution in [1.29, 1.82) is 0 Å². The lowest BCUT2D eigenvalue weighted by atomic mass is 10.4. The molecule has 1 N–H and O–H groups in total. The Hall–Kier alpha value is -0.470. The summed E-state index contributed by atoms with van der Waals surface area (Å²) in [6, 6.07) is 3.08. The van der Waals surface area contributed by atoms with Crippen molar-refractivity contribution in [1.82, 2.24) is 4.98 Å². The fourth-order valence-corrected chi connectivity index (χ4v) is 0.859. The lowest BCUT2D eigenvalue weighted by Crippen LogP contribution is -1.84. The molecule has 0 spiro atoms. The van der Waals surface area contributed by atoms with Crippen LogP contribution < -0.4 is 0 Å². The minimum absolute atomic E-state index is 0.0180. The molecule has 1 aromatic rings. The number of nitrogens with zero attached hydrogens (tertiary/aromatic N) is 1. The van der Waals surface area contributed by atoms with Crippen LogP contribution >= 0.6 is 23.2 Å². The number of pyridine rings is 1. The van der Waals surface area contributed by atoms with Crippen molar-refractivity contribution in [2.24, 2.45) is 0 Å². The van der Waals surface area contributed by atoms with Gasteiger partial charge in [-0.2, -0.15) is 0 Å². The Bertz CT molecular complexity index is 239. The smallest absolute Gasteiger partial charge is 0.171 e. The number of alkyl halides is 1. The second-order valence-corrected chi connectivity index (χ2v) is 2.37. The van der Waals surface area contributed by atoms with Gasteiger partial charge in [-0.25, -0.2) is 4.98 Å². The fourth-order valence-electron chi connectivity index (χ4n) is 0.539. The zero-order chi connectivity index (χ0) is 7.56. The molecule has 0 saturated carbocycles. The molecule has 0 bridgehead atoms. The number of hydrogen-bond donors (Lipinski definition) is 1. The third kappa shape index (κ3) is 1.52. The second-order valence-electron chi connectivity index (χ2n) is 1.75. The first-order chi connectivity index (χ1) is 4.74. The molecule has 0 aliphatic heterocycles. The molecule has 2 nitrogen and oxygen atoms in total. The van der Waals surface area contributed by atoms with Gasteiger partial charge in [0.2, 0.25) is 0 Å². The first kappa shape index (κ1) is 7.63. The topological polar surface area (TPSA) is 33.1 Å². The summed E-state index contributed by atoms with van der Waals surface area (Å²) in [7, 11) is 0. The van der Waals surface area contributed by atoms with Crippen LogP contribution in [0.1, 0.15) is 5.69 Å². The second kappa shape index (κ2) is 3.08. The van der Waals surface area contributed by atoms with Crippen LogP contribution in [0.4, 0.5) is 0 Å². The van der Waals surface area contributed by atoms with Gasteiger partial charge in [-0.1, -0.05) is 11.6 Å². The molecule has 10 heavy (non-hydrogen) atoms. The van der Waals surface area contributed by atoms with Gasteiger partial charge >= 0.3 is 0 Å². The highest BCUT2D eigenvalue weighted by Gasteiger charge is 1.99. The summed E-state index contributed by atoms with van der Waals surface area (Å²) in [6.07, 6.45) is 0. The van der Waals surface area contributed by atoms with Gasteiger partial charge in [0.05, 0.1) is 11.6 Å². The number of halogens is 2. The Morgan fingerprint density at radius 2 is 2.20 bits per heavy atom. The average molecular weight is 178 g/mol. The van der Waals surface area contributed by atoms with Gasteiger partial charge in [-0.3, -0.25) is 0 Å². The number of aromatic nitrogens is 1. The summed E-state index contributed by atoms with van der Waals surface area (Å²) in [5, 5.41) is 9.00. The molecule has 0 fully saturated rings. The van der Waals surface area contributed by atoms with Gasteiger partial charge in [-0.15, -0.1) is 11.6 Å². The molecule has 0 unspecified atom stereocenters. The molecule has 0 aliphatic carbocycles. The van der Waals surface area contributed by atoms with E-state index in [0.717, 1.165) is 0 Å². The van der Waals surface area contributed by atoms with E-state index >= 15 is 0 Å². The van der Waals surface area contributed by atoms with Crippen LogP contribution in [0.2, 0.25) is 5.15 Å². The van der Waals surface area contributed by atoms with Crippen molar-refractivity contribution >= 4 is 23.2 Å². The lowest BCUT2D eigenvalue weighted by Gasteiger charge is -1.96. The molecule has 1 aromatic heterocycles. The highest BCUT2D eigenvalue weighted by Crippen LogP contribution is 2.20. The summed E-state index contributed by atoms with van der Waals surface area (Å²) in [5.74, 6) is 0.288. The quantitative estimate of drug-likeness (QED) is 0.528. The first-order valence-electron chi connectivity index (χ1n) is 2.64. The molecular weight excluding hydrogens is 173 g/mol. The third-order valence-corrected chi connectivity index (χ3v) is 1.58. The van der Waals surface area contributed by atoms with E-state index in [-0.39, 0.29) is 10.9 Å². The van der Waals surface area contributed by atoms with Crippen molar-refractivity contribution < 1.29 is 5.11 Å². The molecule has 54 valence electrons. The Morgan fingerprint density at radius 3 is 2.70 bits per heavy atom. The van der Waals surface area contributed by atoms with Crippen LogP contribution in [0.25, 0.3) is 0 Å². The van der Waals surface area contributed by atoms with Gasteiger partial charge in [0.25, 0.3) is 0 Å². The fraction of sp³-hybridized carbons (Fsp3) is 0.167. The van der Waals surface area contributed by atoms with E-state index in [0.29, 0.717) is 11.6 Å². The van der Waals surface area contributed by atoms with E-state index in [1.807, 2.05) is 0 Å². The lowest BCUT2D eigenvalue weighted by molar-refractivity contribution is 0.472. The van der Waals surface area contributed by atoms with Gasteiger partial charge < -0.3 is 5.11 Å². The molecule has 0 aromatic carbocycles. The Balaban J connectivity index is 3.04. The maximum Gasteiger partial charge on any atom is 0.171 e. The van der Waals surface area contributed by atoms with Crippen LogP contribution in [0, 0.1) is 0 Å². The predicted molar refractivity (Wildman–Crippen MR) is 40.5 cm³/mol. The van der Waals surface area contributed by atoms with Crippen molar-refractivity contribution in [2.45, 2.75) is 5.88 Å². The third-order valence-electron chi connectivity index (χ3n) is 1.02. The van der Waals surface area contributed by atoms with Gasteiger partial charge in [0.1, 0.15) is 0 Å². The van der Waals surface area contributed by atoms with Crippen LogP contribution in [0.5, 0.6) is 5.75 Å². The Kier molecular flexibility index (Phi) is 2.35. The summed E-state index contributed by atoms with van der Waals surface area (Å²) in [5.41, 5.74) is 0.657. The molecule has 0 amide bonds. The molecule has 1 heterocycles. The molecular formula is C6H5Cl2NO. The van der Waals surface area contributed by atoms with E-state index in [9.17, 15) is 0 Å². The minimum Gasteiger partial charge on any atom is -0.505 e. The maximum absolute atomic E-state index is 8.90. The standard InChI is InChI=1S/C6H5Cl2NO/c7-3-4-1-2-5(10)6(8)9-4/h1-2,10H,3H2. The molecule has 0 atom stereocenters. The molecule has 0 saturated heterocycles. The highest BCUT2D eigenvalue weighted by atomic mass is 35.5. The maximum atomic E-state index is 8.90. The zero-order valence-corrected chi connectivity index (χ0v) is 6.52. The largest absolute Gasteiger partial charge is 0.505 e. The Labute approximate surface area is 68.4 Å². The van der Waals surface area contributed by atoms with Crippen LogP contribution in [-0.2, 0) is 5.88 Å². The molecule has 0 aliphatic rings. The molecule has 0 radical (unpaired) electrons. The normalized spacial score (nSPS) is 9.80. The molecule has 1 rings (SSSR count). The summed E-state index contributed by atoms with van der Waals surface area (Å²) < 4.78 is 0. The van der Waals surface area contributed by atoms with E-state index < -0.39 is 0 Å². The van der Waals surface area contributed by atoms with Crippen molar-refractivity contribution in [2.75, 3.05) is 0 Å². The first-order valence-corrected chi connectivity index (χ1v) is 3.55. The average Bonchev–Trinajstić information content (AvgIpc) is 1.95. The number of rotatable bonds is 1. The van der Waals surface area contributed by atoms with E-state index in [4.69, 9.17) is 28.3 Å². The van der Waals surface area contributed by atoms with Gasteiger partial charge in [0, 0.05) is 0 Å². The zero-order valence-electron chi connectivity index (χ0n) is 5.01. The van der Waals surface area contributed by atoms with Crippen LogP contribution in [0.15, 0.2) is 12.1 Å². The van der Waals surface area contributed by atoms with Gasteiger partial charge in [-0.05, 0) is 12.1 Å². The van der Waals surface area contributed by atoms with Crippen LogP contribution in [-0.4, -0.2) is 10.1 Å². The Morgan fingerprint density at radius 1 is 1.50 bits per heavy atom. The SMILES string of the molecule is Oc1ccc(CCl)nc1Cl. The van der Waals surface area contributed by atoms with E-state index in [1.54, 1.807) is 6.07 Å². The van der Waals surface area contributed by atoms with Crippen molar-refractivity contribution in [3.8, 4) is 5.75 Å². The van der Waals surface area contributed by atoms with Gasteiger partial charge in [0.15, 0.2) is 10.9 Å². The highest BCUT2D eigenvalue weighted by molar-refractivity contribution is 6.30. The number of aromatic hydroxyl groups is 1. The summed E-state index contributed by atoms with van der Waals surface area (Å²) in [6.45, 7) is 0. The van der Waals surface area contributed by atoms with E-state index in [2.05, 4.69) is 4.98 Å². The van der Waals surface area contributed by atoms with Crippen molar-refractivity contribution in [3.05, 3.63) is 23.0 Å². The summed E-state index contributed by atoms with van der Waals surface area (Å²) >= 11 is 10.9. The monoisotopic (exact) mass is 177 g/mol. The van der Waals surface area contributed by atoms with Crippen LogP contribution in [0.3, 0.4) is 0 Å². The number of hydrogen-bond acceptors (Lipinski definition) is 2. The predicted octanol–water partition coefficient (Wildman–Crippen LogP) is 2.18. The van der Waals surface area contributed by atoms with E-state index in [1.165, 1.54) is 6.07 Å². The molecule has 4 heteroatoms. The minimum atomic E-state index is -0.0180. The summed E-state index contributed by atoms with van der Waals surface area (Å²) in [4.78, 5) is 3.77.